The summed E-state index contributed by atoms with van der Waals surface area (Å²) >= 11 is 0. The Morgan fingerprint density at radius 2 is 1.52 bits per heavy atom. The second-order valence-electron chi connectivity index (χ2n) is 7.75. The predicted molar refractivity (Wildman–Crippen MR) is 93.1 cm³/mol. The molecular formula is C20H34O. The van der Waals surface area contributed by atoms with Crippen LogP contribution in [0.3, 0.4) is 0 Å². The molecule has 2 unspecified atom stereocenters. The Labute approximate surface area is 132 Å². The fourth-order valence-electron chi connectivity index (χ4n) is 2.71. The Morgan fingerprint density at radius 1 is 0.952 bits per heavy atom. The van der Waals surface area contributed by atoms with Crippen LogP contribution in [0.25, 0.3) is 0 Å². The molecule has 0 bridgehead atoms. The van der Waals surface area contributed by atoms with Crippen LogP contribution < -0.4 is 4.74 Å². The van der Waals surface area contributed by atoms with E-state index < -0.39 is 0 Å². The molecule has 1 nitrogen and oxygen atoms in total. The van der Waals surface area contributed by atoms with Crippen LogP contribution in [-0.2, 0) is 0 Å². The summed E-state index contributed by atoms with van der Waals surface area (Å²) in [6.45, 7) is 15.6. The highest BCUT2D eigenvalue weighted by molar-refractivity contribution is 5.30. The molecule has 0 heterocycles. The number of ether oxygens (including phenoxy) is 1. The molecule has 0 radical (unpaired) electrons. The van der Waals surface area contributed by atoms with Gasteiger partial charge in [0.1, 0.15) is 11.4 Å². The summed E-state index contributed by atoms with van der Waals surface area (Å²) in [5.41, 5.74) is 1.33. The first-order valence-corrected chi connectivity index (χ1v) is 8.52. The highest BCUT2D eigenvalue weighted by Gasteiger charge is 2.19. The maximum absolute atomic E-state index is 5.92. The van der Waals surface area contributed by atoms with E-state index in [0.717, 1.165) is 17.6 Å². The molecular weight excluding hydrogens is 256 g/mol. The van der Waals surface area contributed by atoms with Gasteiger partial charge in [-0.05, 0) is 62.6 Å². The van der Waals surface area contributed by atoms with Crippen molar-refractivity contribution in [3.05, 3.63) is 29.8 Å². The topological polar surface area (TPSA) is 9.23 Å². The Bertz CT molecular complexity index is 397. The Kier molecular flexibility index (Phi) is 6.77. The molecule has 0 aliphatic rings. The molecule has 1 rings (SSSR count). The Morgan fingerprint density at radius 3 is 1.95 bits per heavy atom. The first-order valence-electron chi connectivity index (χ1n) is 8.52. The van der Waals surface area contributed by atoms with Crippen molar-refractivity contribution in [1.29, 1.82) is 0 Å². The van der Waals surface area contributed by atoms with Crippen LogP contribution in [0.1, 0.15) is 79.2 Å². The molecule has 0 aromatic heterocycles. The number of hydrogen-bond acceptors (Lipinski definition) is 1. The van der Waals surface area contributed by atoms with Crippen molar-refractivity contribution >= 4 is 0 Å². The molecule has 1 heteroatoms. The van der Waals surface area contributed by atoms with Gasteiger partial charge in [-0.25, -0.2) is 0 Å². The number of benzene rings is 1. The molecule has 0 aliphatic heterocycles. The fraction of sp³-hybridized carbons (Fsp3) is 0.700. The van der Waals surface area contributed by atoms with Gasteiger partial charge in [0.15, 0.2) is 0 Å². The van der Waals surface area contributed by atoms with Gasteiger partial charge in [-0.1, -0.05) is 52.7 Å². The van der Waals surface area contributed by atoms with Crippen molar-refractivity contribution in [2.24, 2.45) is 11.8 Å². The van der Waals surface area contributed by atoms with Crippen molar-refractivity contribution < 1.29 is 4.74 Å². The molecule has 0 fully saturated rings. The third kappa shape index (κ3) is 6.54. The lowest BCUT2D eigenvalue weighted by molar-refractivity contribution is 0.131. The lowest BCUT2D eigenvalue weighted by atomic mass is 9.81. The van der Waals surface area contributed by atoms with Crippen LogP contribution in [0.4, 0.5) is 0 Å². The average molecular weight is 290 g/mol. The molecule has 120 valence electrons. The van der Waals surface area contributed by atoms with Crippen LogP contribution in [0.2, 0.25) is 0 Å². The lowest BCUT2D eigenvalue weighted by Gasteiger charge is -2.25. The zero-order valence-corrected chi connectivity index (χ0v) is 15.1. The third-order valence-corrected chi connectivity index (χ3v) is 4.12. The molecule has 0 N–H and O–H groups in total. The molecule has 1 aromatic carbocycles. The fourth-order valence-corrected chi connectivity index (χ4v) is 2.71. The van der Waals surface area contributed by atoms with Gasteiger partial charge in [-0.15, -0.1) is 0 Å². The van der Waals surface area contributed by atoms with E-state index in [0.29, 0.717) is 5.92 Å². The van der Waals surface area contributed by atoms with E-state index in [1.807, 2.05) is 0 Å². The summed E-state index contributed by atoms with van der Waals surface area (Å²) in [6, 6.07) is 8.78. The molecule has 0 saturated carbocycles. The van der Waals surface area contributed by atoms with Crippen LogP contribution >= 0.6 is 0 Å². The molecule has 21 heavy (non-hydrogen) atoms. The minimum absolute atomic E-state index is 0.130. The average Bonchev–Trinajstić information content (AvgIpc) is 2.38. The zero-order chi connectivity index (χ0) is 16.0. The molecule has 0 saturated heterocycles. The lowest BCUT2D eigenvalue weighted by Crippen LogP contribution is -2.22. The summed E-state index contributed by atoms with van der Waals surface area (Å²) < 4.78 is 5.92. The van der Waals surface area contributed by atoms with E-state index >= 15 is 0 Å². The van der Waals surface area contributed by atoms with Crippen molar-refractivity contribution in [2.45, 2.75) is 79.2 Å². The quantitative estimate of drug-likeness (QED) is 0.562. The maximum atomic E-state index is 5.92. The van der Waals surface area contributed by atoms with Gasteiger partial charge in [0.05, 0.1) is 0 Å². The van der Waals surface area contributed by atoms with Gasteiger partial charge in [0.2, 0.25) is 0 Å². The van der Waals surface area contributed by atoms with Crippen LogP contribution in [0, 0.1) is 11.8 Å². The SMILES string of the molecule is CCC(C)C(CCC(C)C)c1ccc(OC(C)(C)C)cc1. The van der Waals surface area contributed by atoms with Crippen LogP contribution in [0.5, 0.6) is 5.75 Å². The zero-order valence-electron chi connectivity index (χ0n) is 15.1. The van der Waals surface area contributed by atoms with Gasteiger partial charge in [-0.3, -0.25) is 0 Å². The first-order chi connectivity index (χ1) is 9.73. The monoisotopic (exact) mass is 290 g/mol. The van der Waals surface area contributed by atoms with E-state index in [9.17, 15) is 0 Å². The van der Waals surface area contributed by atoms with Gasteiger partial charge in [0.25, 0.3) is 0 Å². The number of rotatable bonds is 7. The van der Waals surface area contributed by atoms with Crippen LogP contribution in [0.15, 0.2) is 24.3 Å². The molecule has 0 amide bonds. The molecule has 2 atom stereocenters. The highest BCUT2D eigenvalue weighted by Crippen LogP contribution is 2.33. The van der Waals surface area contributed by atoms with Crippen molar-refractivity contribution in [1.82, 2.24) is 0 Å². The highest BCUT2D eigenvalue weighted by atomic mass is 16.5. The maximum Gasteiger partial charge on any atom is 0.120 e. The van der Waals surface area contributed by atoms with Crippen molar-refractivity contribution in [3.8, 4) is 5.75 Å². The van der Waals surface area contributed by atoms with Crippen molar-refractivity contribution in [3.63, 3.8) is 0 Å². The minimum atomic E-state index is -0.130. The van der Waals surface area contributed by atoms with Gasteiger partial charge in [-0.2, -0.15) is 0 Å². The molecule has 0 aliphatic carbocycles. The van der Waals surface area contributed by atoms with E-state index in [2.05, 4.69) is 72.7 Å². The van der Waals surface area contributed by atoms with E-state index in [1.165, 1.54) is 24.8 Å². The van der Waals surface area contributed by atoms with E-state index in [-0.39, 0.29) is 5.60 Å². The largest absolute Gasteiger partial charge is 0.488 e. The van der Waals surface area contributed by atoms with E-state index in [4.69, 9.17) is 4.74 Å². The van der Waals surface area contributed by atoms with Gasteiger partial charge < -0.3 is 4.74 Å². The molecule has 0 spiro atoms. The first kappa shape index (κ1) is 18.1. The second-order valence-corrected chi connectivity index (χ2v) is 7.75. The summed E-state index contributed by atoms with van der Waals surface area (Å²) in [4.78, 5) is 0. The Hall–Kier alpha value is -0.980. The summed E-state index contributed by atoms with van der Waals surface area (Å²) in [6.07, 6.45) is 3.82. The standard InChI is InChI=1S/C20H34O/c1-8-16(4)19(14-9-15(2)3)17-10-12-18(13-11-17)21-20(5,6)7/h10-13,15-16,19H,8-9,14H2,1-7H3. The van der Waals surface area contributed by atoms with Gasteiger partial charge >= 0.3 is 0 Å². The van der Waals surface area contributed by atoms with Crippen molar-refractivity contribution in [2.75, 3.05) is 0 Å². The van der Waals surface area contributed by atoms with E-state index in [1.54, 1.807) is 0 Å². The Balaban J connectivity index is 2.83. The van der Waals surface area contributed by atoms with Gasteiger partial charge in [0, 0.05) is 0 Å². The third-order valence-electron chi connectivity index (χ3n) is 4.12. The smallest absolute Gasteiger partial charge is 0.120 e. The summed E-state index contributed by atoms with van der Waals surface area (Å²) in [7, 11) is 0. The molecule has 1 aromatic rings. The second kappa shape index (κ2) is 7.87. The predicted octanol–water partition coefficient (Wildman–Crippen LogP) is 6.43. The summed E-state index contributed by atoms with van der Waals surface area (Å²) in [5.74, 6) is 3.15. The minimum Gasteiger partial charge on any atom is -0.488 e. The summed E-state index contributed by atoms with van der Waals surface area (Å²) in [5, 5.41) is 0. The van der Waals surface area contributed by atoms with Crippen LogP contribution in [-0.4, -0.2) is 5.60 Å². The normalized spacial score (nSPS) is 15.0. The number of hydrogen-bond donors (Lipinski definition) is 0.